The Morgan fingerprint density at radius 2 is 1.89 bits per heavy atom. The van der Waals surface area contributed by atoms with Crippen LogP contribution in [0, 0.1) is 0 Å². The van der Waals surface area contributed by atoms with Crippen molar-refractivity contribution < 1.29 is 14.9 Å². The van der Waals surface area contributed by atoms with Gasteiger partial charge in [0.1, 0.15) is 18.5 Å². The molecule has 1 unspecified atom stereocenters. The molecule has 0 radical (unpaired) electrons. The molecule has 0 aromatic heterocycles. The van der Waals surface area contributed by atoms with Gasteiger partial charge in [0.15, 0.2) is 0 Å². The van der Waals surface area contributed by atoms with Crippen molar-refractivity contribution in [3.63, 3.8) is 0 Å². The highest BCUT2D eigenvalue weighted by Gasteiger charge is 2.17. The third-order valence-electron chi connectivity index (χ3n) is 2.44. The Balaban J connectivity index is 2.31. The van der Waals surface area contributed by atoms with Gasteiger partial charge in [0.2, 0.25) is 0 Å². The third kappa shape index (κ3) is 7.38. The molecule has 19 heavy (non-hydrogen) atoms. The largest absolute Gasteiger partial charge is 0.491 e. The van der Waals surface area contributed by atoms with Crippen LogP contribution in [-0.2, 0) is 0 Å². The van der Waals surface area contributed by atoms with E-state index < -0.39 is 11.7 Å². The van der Waals surface area contributed by atoms with Gasteiger partial charge in [-0.05, 0) is 45.2 Å². The quantitative estimate of drug-likeness (QED) is 0.803. The molecule has 1 aromatic carbocycles. The highest BCUT2D eigenvalue weighted by Crippen LogP contribution is 2.15. The van der Waals surface area contributed by atoms with E-state index in [4.69, 9.17) is 16.3 Å². The predicted molar refractivity (Wildman–Crippen MR) is 76.7 cm³/mol. The Kier molecular flexibility index (Phi) is 6.07. The van der Waals surface area contributed by atoms with Crippen molar-refractivity contribution in [2.45, 2.75) is 25.6 Å². The van der Waals surface area contributed by atoms with E-state index in [9.17, 15) is 10.2 Å². The maximum absolute atomic E-state index is 9.86. The van der Waals surface area contributed by atoms with Crippen molar-refractivity contribution in [1.29, 1.82) is 0 Å². The minimum absolute atomic E-state index is 0.206. The maximum Gasteiger partial charge on any atom is 0.119 e. The zero-order valence-electron chi connectivity index (χ0n) is 11.6. The van der Waals surface area contributed by atoms with Crippen LogP contribution in [0.1, 0.15) is 13.8 Å². The Labute approximate surface area is 119 Å². The first kappa shape index (κ1) is 16.2. The van der Waals surface area contributed by atoms with Crippen molar-refractivity contribution in [2.75, 3.05) is 26.7 Å². The fourth-order valence-corrected chi connectivity index (χ4v) is 1.99. The maximum atomic E-state index is 9.86. The molecule has 0 saturated heterocycles. The smallest absolute Gasteiger partial charge is 0.119 e. The van der Waals surface area contributed by atoms with E-state index in [0.29, 0.717) is 23.9 Å². The number of aliphatic hydroxyl groups is 2. The number of ether oxygens (including phenoxy) is 1. The fourth-order valence-electron chi connectivity index (χ4n) is 1.86. The first-order valence-electron chi connectivity index (χ1n) is 6.23. The van der Waals surface area contributed by atoms with E-state index in [2.05, 4.69) is 0 Å². The molecule has 0 fully saturated rings. The van der Waals surface area contributed by atoms with E-state index in [1.807, 2.05) is 11.9 Å². The highest BCUT2D eigenvalue weighted by atomic mass is 35.5. The summed E-state index contributed by atoms with van der Waals surface area (Å²) in [5, 5.41) is 20.2. The first-order chi connectivity index (χ1) is 8.76. The summed E-state index contributed by atoms with van der Waals surface area (Å²) in [6.45, 7) is 4.61. The fraction of sp³-hybridized carbons (Fsp3) is 0.571. The SMILES string of the molecule is CN(CC(O)COc1ccc(Cl)cc1)CC(C)(C)O. The van der Waals surface area contributed by atoms with E-state index in [0.717, 1.165) is 0 Å². The second-order valence-electron chi connectivity index (χ2n) is 5.43. The number of halogens is 1. The van der Waals surface area contributed by atoms with Crippen LogP contribution in [0.25, 0.3) is 0 Å². The minimum atomic E-state index is -0.772. The van der Waals surface area contributed by atoms with Crippen LogP contribution in [-0.4, -0.2) is 53.6 Å². The second-order valence-corrected chi connectivity index (χ2v) is 5.86. The van der Waals surface area contributed by atoms with Crippen LogP contribution in [0.15, 0.2) is 24.3 Å². The molecule has 2 N–H and O–H groups in total. The molecular weight excluding hydrogens is 266 g/mol. The average Bonchev–Trinajstić information content (AvgIpc) is 2.25. The predicted octanol–water partition coefficient (Wildman–Crippen LogP) is 1.78. The van der Waals surface area contributed by atoms with Gasteiger partial charge in [-0.1, -0.05) is 11.6 Å². The lowest BCUT2D eigenvalue weighted by Gasteiger charge is -2.27. The molecule has 0 aliphatic heterocycles. The van der Waals surface area contributed by atoms with Gasteiger partial charge in [0.25, 0.3) is 0 Å². The lowest BCUT2D eigenvalue weighted by molar-refractivity contribution is 0.0194. The summed E-state index contributed by atoms with van der Waals surface area (Å²) in [5.41, 5.74) is -0.772. The van der Waals surface area contributed by atoms with Crippen molar-refractivity contribution in [2.24, 2.45) is 0 Å². The number of aliphatic hydroxyl groups excluding tert-OH is 1. The van der Waals surface area contributed by atoms with Crippen LogP contribution in [0.3, 0.4) is 0 Å². The van der Waals surface area contributed by atoms with Crippen LogP contribution in [0.4, 0.5) is 0 Å². The number of benzene rings is 1. The van der Waals surface area contributed by atoms with Crippen molar-refractivity contribution in [3.05, 3.63) is 29.3 Å². The molecule has 0 spiro atoms. The summed E-state index contributed by atoms with van der Waals surface area (Å²) in [7, 11) is 1.85. The first-order valence-corrected chi connectivity index (χ1v) is 6.61. The molecule has 0 amide bonds. The van der Waals surface area contributed by atoms with Gasteiger partial charge in [-0.15, -0.1) is 0 Å². The van der Waals surface area contributed by atoms with Crippen molar-refractivity contribution in [1.82, 2.24) is 4.90 Å². The summed E-state index contributed by atoms with van der Waals surface area (Å²) < 4.78 is 5.46. The number of likely N-dealkylation sites (N-methyl/N-ethyl adjacent to an activating group) is 1. The van der Waals surface area contributed by atoms with Crippen molar-refractivity contribution in [3.8, 4) is 5.75 Å². The van der Waals surface area contributed by atoms with Gasteiger partial charge in [-0.3, -0.25) is 0 Å². The van der Waals surface area contributed by atoms with Crippen LogP contribution >= 0.6 is 11.6 Å². The molecule has 0 saturated carbocycles. The Bertz CT molecular complexity index is 375. The van der Waals surface area contributed by atoms with Crippen LogP contribution < -0.4 is 4.74 Å². The zero-order valence-corrected chi connectivity index (χ0v) is 12.4. The van der Waals surface area contributed by atoms with Gasteiger partial charge in [0.05, 0.1) is 5.60 Å². The Morgan fingerprint density at radius 3 is 2.42 bits per heavy atom. The standard InChI is InChI=1S/C14H22ClNO3/c1-14(2,18)10-16(3)8-12(17)9-19-13-6-4-11(15)5-7-13/h4-7,12,17-18H,8-10H2,1-3H3. The summed E-state index contributed by atoms with van der Waals surface area (Å²) >= 11 is 5.77. The average molecular weight is 288 g/mol. The van der Waals surface area contributed by atoms with E-state index in [1.165, 1.54) is 0 Å². The summed E-state index contributed by atoms with van der Waals surface area (Å²) in [6.07, 6.45) is -0.608. The van der Waals surface area contributed by atoms with Crippen LogP contribution in [0.2, 0.25) is 5.02 Å². The van der Waals surface area contributed by atoms with Gasteiger partial charge >= 0.3 is 0 Å². The van der Waals surface area contributed by atoms with Gasteiger partial charge < -0.3 is 19.8 Å². The molecule has 1 aromatic rings. The van der Waals surface area contributed by atoms with Crippen molar-refractivity contribution >= 4 is 11.6 Å². The molecule has 4 nitrogen and oxygen atoms in total. The molecule has 0 aliphatic rings. The molecule has 5 heteroatoms. The monoisotopic (exact) mass is 287 g/mol. The van der Waals surface area contributed by atoms with Crippen LogP contribution in [0.5, 0.6) is 5.75 Å². The summed E-state index contributed by atoms with van der Waals surface area (Å²) in [4.78, 5) is 1.87. The lowest BCUT2D eigenvalue weighted by Crippen LogP contribution is -2.41. The van der Waals surface area contributed by atoms with Gasteiger partial charge in [-0.25, -0.2) is 0 Å². The topological polar surface area (TPSA) is 52.9 Å². The minimum Gasteiger partial charge on any atom is -0.491 e. The third-order valence-corrected chi connectivity index (χ3v) is 2.69. The molecule has 1 rings (SSSR count). The van der Waals surface area contributed by atoms with Gasteiger partial charge in [-0.2, -0.15) is 0 Å². The molecule has 0 bridgehead atoms. The lowest BCUT2D eigenvalue weighted by atomic mass is 10.1. The van der Waals surface area contributed by atoms with Gasteiger partial charge in [0, 0.05) is 18.1 Å². The molecule has 108 valence electrons. The summed E-state index contributed by atoms with van der Waals surface area (Å²) in [5.74, 6) is 0.675. The highest BCUT2D eigenvalue weighted by molar-refractivity contribution is 6.30. The van der Waals surface area contributed by atoms with E-state index in [1.54, 1.807) is 38.1 Å². The Hall–Kier alpha value is -0.810. The molecule has 0 aliphatic carbocycles. The normalized spacial score (nSPS) is 13.6. The number of nitrogens with zero attached hydrogens (tertiary/aromatic N) is 1. The van der Waals surface area contributed by atoms with E-state index >= 15 is 0 Å². The number of rotatable bonds is 7. The number of hydrogen-bond acceptors (Lipinski definition) is 4. The number of hydrogen-bond donors (Lipinski definition) is 2. The summed E-state index contributed by atoms with van der Waals surface area (Å²) in [6, 6.07) is 7.00. The molecule has 1 atom stereocenters. The van der Waals surface area contributed by atoms with E-state index in [-0.39, 0.29) is 6.61 Å². The Morgan fingerprint density at radius 1 is 1.32 bits per heavy atom. The zero-order chi connectivity index (χ0) is 14.5. The molecular formula is C14H22ClNO3. The molecule has 0 heterocycles. The second kappa shape index (κ2) is 7.10.